The Morgan fingerprint density at radius 1 is 0.882 bits per heavy atom. The first kappa shape index (κ1) is 22.8. The lowest BCUT2D eigenvalue weighted by Gasteiger charge is -2.07. The van der Waals surface area contributed by atoms with E-state index < -0.39 is 5.97 Å². The number of aliphatic carboxylic acids is 1. The first-order chi connectivity index (χ1) is 16.7. The standard InChI is InChI=1S/C27H24N2O5/c30-27(31)16-15-25(21-7-3-1-4-8-21)28-33-18-20-11-13-23(14-12-20)32-19-24-17-26(29-34-24)22-9-5-2-6-10-22/h1-14,17H,15-16,18-19H2,(H,30,31)/b28-25-. The molecule has 0 atom stereocenters. The van der Waals surface area contributed by atoms with Gasteiger partial charge in [0.2, 0.25) is 0 Å². The predicted molar refractivity (Wildman–Crippen MR) is 127 cm³/mol. The second-order valence-corrected chi connectivity index (χ2v) is 7.55. The monoisotopic (exact) mass is 456 g/mol. The van der Waals surface area contributed by atoms with Crippen LogP contribution in [-0.4, -0.2) is 21.9 Å². The van der Waals surface area contributed by atoms with E-state index in [1.165, 1.54) is 0 Å². The molecule has 1 N–H and O–H groups in total. The van der Waals surface area contributed by atoms with Gasteiger partial charge in [-0.1, -0.05) is 83.1 Å². The number of ether oxygens (including phenoxy) is 1. The molecule has 0 aliphatic heterocycles. The van der Waals surface area contributed by atoms with Crippen LogP contribution < -0.4 is 4.74 Å². The largest absolute Gasteiger partial charge is 0.486 e. The summed E-state index contributed by atoms with van der Waals surface area (Å²) < 4.78 is 11.2. The molecule has 0 saturated heterocycles. The molecule has 0 unspecified atom stereocenters. The van der Waals surface area contributed by atoms with Crippen LogP contribution in [-0.2, 0) is 22.8 Å². The van der Waals surface area contributed by atoms with Crippen LogP contribution in [0.15, 0.2) is 101 Å². The Labute approximate surface area is 197 Å². The maximum atomic E-state index is 11.0. The molecule has 3 aromatic carbocycles. The number of oxime groups is 1. The van der Waals surface area contributed by atoms with Crippen LogP contribution >= 0.6 is 0 Å². The van der Waals surface area contributed by atoms with Crippen LogP contribution in [0.25, 0.3) is 11.3 Å². The molecule has 0 aliphatic carbocycles. The van der Waals surface area contributed by atoms with E-state index in [0.29, 0.717) is 23.6 Å². The SMILES string of the molecule is O=C(O)CC/C(=N/OCc1ccc(OCc2cc(-c3ccccc3)no2)cc1)c1ccccc1. The minimum atomic E-state index is -0.874. The molecule has 0 radical (unpaired) electrons. The number of nitrogens with zero attached hydrogens (tertiary/aromatic N) is 2. The molecular formula is C27H24N2O5. The van der Waals surface area contributed by atoms with E-state index >= 15 is 0 Å². The summed E-state index contributed by atoms with van der Waals surface area (Å²) in [5, 5.41) is 17.3. The van der Waals surface area contributed by atoms with Crippen molar-refractivity contribution in [2.24, 2.45) is 5.16 Å². The molecule has 0 saturated carbocycles. The minimum absolute atomic E-state index is 0.0127. The third-order valence-corrected chi connectivity index (χ3v) is 5.02. The number of aromatic nitrogens is 1. The van der Waals surface area contributed by atoms with Crippen LogP contribution in [0.4, 0.5) is 0 Å². The minimum Gasteiger partial charge on any atom is -0.486 e. The normalized spacial score (nSPS) is 11.2. The van der Waals surface area contributed by atoms with Crippen LogP contribution in [0.1, 0.15) is 29.7 Å². The van der Waals surface area contributed by atoms with Gasteiger partial charge >= 0.3 is 5.97 Å². The van der Waals surface area contributed by atoms with Crippen molar-refractivity contribution in [1.29, 1.82) is 0 Å². The third-order valence-electron chi connectivity index (χ3n) is 5.02. The van der Waals surface area contributed by atoms with E-state index in [9.17, 15) is 4.79 Å². The molecule has 7 heteroatoms. The fourth-order valence-corrected chi connectivity index (χ4v) is 3.25. The Balaban J connectivity index is 1.30. The van der Waals surface area contributed by atoms with Gasteiger partial charge in [-0.2, -0.15) is 0 Å². The first-order valence-corrected chi connectivity index (χ1v) is 10.9. The zero-order chi connectivity index (χ0) is 23.6. The molecule has 0 spiro atoms. The molecule has 1 heterocycles. The third kappa shape index (κ3) is 6.56. The topological polar surface area (TPSA) is 94.2 Å². The van der Waals surface area contributed by atoms with Gasteiger partial charge in [0.05, 0.1) is 12.1 Å². The second kappa shape index (κ2) is 11.5. The number of hydrogen-bond acceptors (Lipinski definition) is 6. The lowest BCUT2D eigenvalue weighted by Crippen LogP contribution is -2.06. The van der Waals surface area contributed by atoms with Gasteiger partial charge in [-0.3, -0.25) is 4.79 Å². The second-order valence-electron chi connectivity index (χ2n) is 7.55. The summed E-state index contributed by atoms with van der Waals surface area (Å²) in [6.07, 6.45) is 0.279. The van der Waals surface area contributed by atoms with E-state index in [2.05, 4.69) is 10.3 Å². The van der Waals surface area contributed by atoms with Crippen molar-refractivity contribution in [3.05, 3.63) is 108 Å². The first-order valence-electron chi connectivity index (χ1n) is 10.9. The van der Waals surface area contributed by atoms with Crippen molar-refractivity contribution in [2.45, 2.75) is 26.1 Å². The Hall–Kier alpha value is -4.39. The van der Waals surface area contributed by atoms with Gasteiger partial charge in [-0.05, 0) is 23.3 Å². The maximum Gasteiger partial charge on any atom is 0.303 e. The van der Waals surface area contributed by atoms with Gasteiger partial charge in [0.25, 0.3) is 0 Å². The number of carboxylic acid groups (broad SMARTS) is 1. The summed E-state index contributed by atoms with van der Waals surface area (Å²) in [5.74, 6) is 0.451. The number of carboxylic acids is 1. The summed E-state index contributed by atoms with van der Waals surface area (Å²) in [6.45, 7) is 0.524. The summed E-state index contributed by atoms with van der Waals surface area (Å²) in [6, 6.07) is 28.6. The van der Waals surface area contributed by atoms with E-state index in [0.717, 1.165) is 22.4 Å². The Kier molecular flexibility index (Phi) is 7.69. The van der Waals surface area contributed by atoms with Crippen molar-refractivity contribution >= 4 is 11.7 Å². The molecule has 34 heavy (non-hydrogen) atoms. The number of benzene rings is 3. The molecule has 0 bridgehead atoms. The van der Waals surface area contributed by atoms with Gasteiger partial charge in [-0.25, -0.2) is 0 Å². The average molecular weight is 456 g/mol. The van der Waals surface area contributed by atoms with Crippen molar-refractivity contribution in [3.8, 4) is 17.0 Å². The molecule has 0 aliphatic rings. The lowest BCUT2D eigenvalue weighted by atomic mass is 10.1. The van der Waals surface area contributed by atoms with Gasteiger partial charge in [0.15, 0.2) is 5.76 Å². The van der Waals surface area contributed by atoms with Crippen LogP contribution in [0, 0.1) is 0 Å². The molecule has 4 aromatic rings. The molecule has 0 amide bonds. The molecule has 172 valence electrons. The molecule has 0 fully saturated rings. The number of carbonyl (C=O) groups is 1. The van der Waals surface area contributed by atoms with Gasteiger partial charge in [-0.15, -0.1) is 0 Å². The van der Waals surface area contributed by atoms with E-state index in [1.807, 2.05) is 91.0 Å². The fourth-order valence-electron chi connectivity index (χ4n) is 3.25. The highest BCUT2D eigenvalue weighted by Crippen LogP contribution is 2.20. The zero-order valence-electron chi connectivity index (χ0n) is 18.5. The quantitative estimate of drug-likeness (QED) is 0.230. The molecular weight excluding hydrogens is 432 g/mol. The van der Waals surface area contributed by atoms with Crippen LogP contribution in [0.5, 0.6) is 5.75 Å². The molecule has 1 aromatic heterocycles. The molecule has 4 rings (SSSR count). The van der Waals surface area contributed by atoms with Crippen molar-refractivity contribution in [3.63, 3.8) is 0 Å². The zero-order valence-corrected chi connectivity index (χ0v) is 18.5. The fraction of sp³-hybridized carbons (Fsp3) is 0.148. The highest BCUT2D eigenvalue weighted by atomic mass is 16.6. The Morgan fingerprint density at radius 3 is 2.29 bits per heavy atom. The van der Waals surface area contributed by atoms with E-state index in [1.54, 1.807) is 0 Å². The van der Waals surface area contributed by atoms with Crippen molar-refractivity contribution < 1.29 is 24.0 Å². The Bertz CT molecular complexity index is 1220. The lowest BCUT2D eigenvalue weighted by molar-refractivity contribution is -0.136. The predicted octanol–water partition coefficient (Wildman–Crippen LogP) is 5.71. The summed E-state index contributed by atoms with van der Waals surface area (Å²) in [5.41, 5.74) is 4.11. The van der Waals surface area contributed by atoms with Crippen molar-refractivity contribution in [1.82, 2.24) is 5.16 Å². The summed E-state index contributed by atoms with van der Waals surface area (Å²) in [4.78, 5) is 16.5. The maximum absolute atomic E-state index is 11.0. The van der Waals surface area contributed by atoms with E-state index in [-0.39, 0.29) is 19.6 Å². The Morgan fingerprint density at radius 2 is 1.59 bits per heavy atom. The van der Waals surface area contributed by atoms with Gasteiger partial charge in [0.1, 0.15) is 24.7 Å². The van der Waals surface area contributed by atoms with Crippen LogP contribution in [0.2, 0.25) is 0 Å². The number of rotatable bonds is 11. The van der Waals surface area contributed by atoms with Gasteiger partial charge in [0, 0.05) is 18.1 Å². The smallest absolute Gasteiger partial charge is 0.303 e. The molecule has 7 nitrogen and oxygen atoms in total. The van der Waals surface area contributed by atoms with E-state index in [4.69, 9.17) is 19.2 Å². The van der Waals surface area contributed by atoms with Crippen LogP contribution in [0.3, 0.4) is 0 Å². The highest BCUT2D eigenvalue weighted by molar-refractivity contribution is 6.01. The number of hydrogen-bond donors (Lipinski definition) is 1. The summed E-state index contributed by atoms with van der Waals surface area (Å²) >= 11 is 0. The highest BCUT2D eigenvalue weighted by Gasteiger charge is 2.09. The van der Waals surface area contributed by atoms with Gasteiger partial charge < -0.3 is 19.2 Å². The summed E-state index contributed by atoms with van der Waals surface area (Å²) in [7, 11) is 0. The average Bonchev–Trinajstić information content (AvgIpc) is 3.36. The van der Waals surface area contributed by atoms with Crippen molar-refractivity contribution in [2.75, 3.05) is 0 Å².